The van der Waals surface area contributed by atoms with E-state index in [2.05, 4.69) is 11.3 Å². The molecule has 5 nitrogen and oxygen atoms in total. The van der Waals surface area contributed by atoms with Crippen molar-refractivity contribution >= 4 is 18.0 Å². The number of aliphatic carboxylic acids is 1. The Morgan fingerprint density at radius 1 is 1.17 bits per heavy atom. The SMILES string of the molecule is C=C(CCCCCO)C(=O)O.CC(=O)OC=Cc1ccccc1. The van der Waals surface area contributed by atoms with Gasteiger partial charge in [-0.25, -0.2) is 4.79 Å². The minimum absolute atomic E-state index is 0.180. The Bertz CT molecular complexity index is 505. The molecular weight excluding hydrogens is 296 g/mol. The van der Waals surface area contributed by atoms with E-state index in [-0.39, 0.29) is 18.1 Å². The van der Waals surface area contributed by atoms with Crippen molar-refractivity contribution in [2.75, 3.05) is 6.61 Å². The lowest BCUT2D eigenvalue weighted by molar-refractivity contribution is -0.135. The summed E-state index contributed by atoms with van der Waals surface area (Å²) in [5.74, 6) is -1.23. The Morgan fingerprint density at radius 2 is 1.83 bits per heavy atom. The van der Waals surface area contributed by atoms with Crippen LogP contribution < -0.4 is 0 Å². The number of hydrogen-bond donors (Lipinski definition) is 2. The number of carbonyl (C=O) groups excluding carboxylic acids is 1. The molecule has 1 aromatic rings. The molecule has 0 bridgehead atoms. The van der Waals surface area contributed by atoms with Crippen molar-refractivity contribution in [2.45, 2.75) is 32.6 Å². The van der Waals surface area contributed by atoms with Gasteiger partial charge in [-0.1, -0.05) is 43.3 Å². The first-order valence-electron chi connectivity index (χ1n) is 7.38. The fourth-order valence-corrected chi connectivity index (χ4v) is 1.51. The zero-order valence-corrected chi connectivity index (χ0v) is 13.4. The number of aliphatic hydroxyl groups excluding tert-OH is 1. The van der Waals surface area contributed by atoms with Gasteiger partial charge in [0.15, 0.2) is 0 Å². The van der Waals surface area contributed by atoms with E-state index < -0.39 is 5.97 Å². The highest BCUT2D eigenvalue weighted by atomic mass is 16.5. The molecule has 126 valence electrons. The van der Waals surface area contributed by atoms with Crippen molar-refractivity contribution in [1.29, 1.82) is 0 Å². The molecule has 0 saturated heterocycles. The van der Waals surface area contributed by atoms with Gasteiger partial charge >= 0.3 is 11.9 Å². The Kier molecular flexibility index (Phi) is 11.9. The van der Waals surface area contributed by atoms with Crippen LogP contribution in [0.5, 0.6) is 0 Å². The van der Waals surface area contributed by atoms with Gasteiger partial charge in [0.1, 0.15) is 0 Å². The fraction of sp³-hybridized carbons (Fsp3) is 0.333. The minimum atomic E-state index is -0.922. The van der Waals surface area contributed by atoms with Crippen molar-refractivity contribution in [1.82, 2.24) is 0 Å². The first kappa shape index (κ1) is 20.6. The third kappa shape index (κ3) is 13.0. The van der Waals surface area contributed by atoms with Gasteiger partial charge in [0.05, 0.1) is 6.26 Å². The number of carboxylic acids is 1. The van der Waals surface area contributed by atoms with E-state index in [0.29, 0.717) is 6.42 Å². The largest absolute Gasteiger partial charge is 0.478 e. The van der Waals surface area contributed by atoms with Crippen molar-refractivity contribution in [3.05, 3.63) is 54.3 Å². The lowest BCUT2D eigenvalue weighted by atomic mass is 10.1. The topological polar surface area (TPSA) is 83.8 Å². The number of carbonyl (C=O) groups is 2. The molecule has 0 aliphatic rings. The van der Waals surface area contributed by atoms with Crippen molar-refractivity contribution in [2.24, 2.45) is 0 Å². The predicted octanol–water partition coefficient (Wildman–Crippen LogP) is 3.40. The molecule has 0 heterocycles. The van der Waals surface area contributed by atoms with Gasteiger partial charge in [-0.05, 0) is 30.9 Å². The highest BCUT2D eigenvalue weighted by Crippen LogP contribution is 2.06. The molecule has 0 aromatic heterocycles. The molecule has 23 heavy (non-hydrogen) atoms. The van der Waals surface area contributed by atoms with Crippen LogP contribution >= 0.6 is 0 Å². The number of benzene rings is 1. The summed E-state index contributed by atoms with van der Waals surface area (Å²) in [4.78, 5) is 20.6. The van der Waals surface area contributed by atoms with E-state index in [4.69, 9.17) is 10.2 Å². The molecule has 0 aliphatic carbocycles. The maximum absolute atomic E-state index is 10.4. The summed E-state index contributed by atoms with van der Waals surface area (Å²) in [6, 6.07) is 9.64. The van der Waals surface area contributed by atoms with E-state index in [1.54, 1.807) is 6.08 Å². The number of aliphatic hydroxyl groups is 1. The van der Waals surface area contributed by atoms with Crippen LogP contribution in [-0.2, 0) is 14.3 Å². The van der Waals surface area contributed by atoms with E-state index in [9.17, 15) is 9.59 Å². The van der Waals surface area contributed by atoms with E-state index in [1.165, 1.54) is 13.2 Å². The first-order chi connectivity index (χ1) is 11.0. The summed E-state index contributed by atoms with van der Waals surface area (Å²) in [7, 11) is 0. The molecule has 1 rings (SSSR count). The van der Waals surface area contributed by atoms with E-state index in [0.717, 1.165) is 24.8 Å². The van der Waals surface area contributed by atoms with Gasteiger partial charge in [0, 0.05) is 19.1 Å². The van der Waals surface area contributed by atoms with Crippen LogP contribution in [0.3, 0.4) is 0 Å². The second-order valence-electron chi connectivity index (χ2n) is 4.77. The molecule has 0 amide bonds. The van der Waals surface area contributed by atoms with Crippen LogP contribution in [0.4, 0.5) is 0 Å². The van der Waals surface area contributed by atoms with Gasteiger partial charge in [-0.15, -0.1) is 0 Å². The van der Waals surface area contributed by atoms with Crippen molar-refractivity contribution in [3.63, 3.8) is 0 Å². The van der Waals surface area contributed by atoms with E-state index >= 15 is 0 Å². The average Bonchev–Trinajstić information content (AvgIpc) is 2.52. The van der Waals surface area contributed by atoms with Gasteiger partial charge in [-0.2, -0.15) is 0 Å². The monoisotopic (exact) mass is 320 g/mol. The number of rotatable bonds is 8. The predicted molar refractivity (Wildman–Crippen MR) is 89.6 cm³/mol. The molecule has 5 heteroatoms. The standard InChI is InChI=1S/C10H10O2.C8H14O3/c1-9(11)12-8-7-10-5-3-2-4-6-10;1-7(8(10)11)5-3-2-4-6-9/h2-8H,1H3;9H,1-6H2,(H,10,11). The Morgan fingerprint density at radius 3 is 2.35 bits per heavy atom. The molecule has 0 spiro atoms. The van der Waals surface area contributed by atoms with Crippen LogP contribution in [0.15, 0.2) is 48.7 Å². The summed E-state index contributed by atoms with van der Waals surface area (Å²) < 4.78 is 4.63. The molecular formula is C18H24O5. The molecule has 0 radical (unpaired) electrons. The zero-order chi connectivity index (χ0) is 17.5. The van der Waals surface area contributed by atoms with Gasteiger partial charge in [-0.3, -0.25) is 4.79 Å². The van der Waals surface area contributed by atoms with Gasteiger partial charge in [0.2, 0.25) is 0 Å². The first-order valence-corrected chi connectivity index (χ1v) is 7.38. The molecule has 2 N–H and O–H groups in total. The smallest absolute Gasteiger partial charge is 0.330 e. The van der Waals surface area contributed by atoms with Gasteiger partial charge in [0.25, 0.3) is 0 Å². The summed E-state index contributed by atoms with van der Waals surface area (Å²) >= 11 is 0. The van der Waals surface area contributed by atoms with Crippen LogP contribution in [0.1, 0.15) is 38.2 Å². The lowest BCUT2D eigenvalue weighted by Gasteiger charge is -1.98. The third-order valence-corrected chi connectivity index (χ3v) is 2.73. The molecule has 0 atom stereocenters. The maximum atomic E-state index is 10.4. The number of hydrogen-bond acceptors (Lipinski definition) is 4. The Hall–Kier alpha value is -2.40. The normalized spacial score (nSPS) is 9.83. The van der Waals surface area contributed by atoms with Crippen LogP contribution in [0.2, 0.25) is 0 Å². The summed E-state index contributed by atoms with van der Waals surface area (Å²) in [5, 5.41) is 16.8. The number of unbranched alkanes of at least 4 members (excludes halogenated alkanes) is 2. The second-order valence-corrected chi connectivity index (χ2v) is 4.77. The second kappa shape index (κ2) is 13.3. The average molecular weight is 320 g/mol. The van der Waals surface area contributed by atoms with Crippen LogP contribution in [-0.4, -0.2) is 28.8 Å². The molecule has 0 aliphatic heterocycles. The fourth-order valence-electron chi connectivity index (χ4n) is 1.51. The number of esters is 1. The number of ether oxygens (including phenoxy) is 1. The molecule has 0 fully saturated rings. The highest BCUT2D eigenvalue weighted by molar-refractivity contribution is 5.85. The number of carboxylic acid groups (broad SMARTS) is 1. The van der Waals surface area contributed by atoms with Crippen LogP contribution in [0.25, 0.3) is 6.08 Å². The zero-order valence-electron chi connectivity index (χ0n) is 13.4. The third-order valence-electron chi connectivity index (χ3n) is 2.73. The van der Waals surface area contributed by atoms with Crippen LogP contribution in [0, 0.1) is 0 Å². The molecule has 0 unspecified atom stereocenters. The highest BCUT2D eigenvalue weighted by Gasteiger charge is 2.01. The quantitative estimate of drug-likeness (QED) is 0.332. The lowest BCUT2D eigenvalue weighted by Crippen LogP contribution is -1.98. The maximum Gasteiger partial charge on any atom is 0.330 e. The summed E-state index contributed by atoms with van der Waals surface area (Å²) in [5.41, 5.74) is 1.27. The molecule has 0 saturated carbocycles. The van der Waals surface area contributed by atoms with Crippen molar-refractivity contribution in [3.8, 4) is 0 Å². The Labute approximate surface area is 136 Å². The van der Waals surface area contributed by atoms with Gasteiger partial charge < -0.3 is 14.9 Å². The summed E-state index contributed by atoms with van der Waals surface area (Å²) in [6.07, 6.45) is 6.05. The summed E-state index contributed by atoms with van der Waals surface area (Å²) in [6.45, 7) is 4.94. The molecule has 1 aromatic carbocycles. The minimum Gasteiger partial charge on any atom is -0.478 e. The van der Waals surface area contributed by atoms with E-state index in [1.807, 2.05) is 30.3 Å². The van der Waals surface area contributed by atoms with Crippen molar-refractivity contribution < 1.29 is 24.5 Å². The Balaban J connectivity index is 0.000000423.